The van der Waals surface area contributed by atoms with Crippen molar-refractivity contribution in [3.63, 3.8) is 0 Å². The number of benzene rings is 1. The van der Waals surface area contributed by atoms with E-state index in [1.165, 1.54) is 12.1 Å². The summed E-state index contributed by atoms with van der Waals surface area (Å²) in [6.45, 7) is 4.86. The van der Waals surface area contributed by atoms with Crippen molar-refractivity contribution in [2.45, 2.75) is 26.7 Å². The van der Waals surface area contributed by atoms with Gasteiger partial charge in [0.05, 0.1) is 11.6 Å². The Balaban J connectivity index is 2.72. The molecule has 1 nitrogen and oxygen atoms in total. The van der Waals surface area contributed by atoms with Crippen LogP contribution in [0.25, 0.3) is 0 Å². The van der Waals surface area contributed by atoms with Gasteiger partial charge in [0.2, 0.25) is 0 Å². The van der Waals surface area contributed by atoms with Crippen LogP contribution in [0, 0.1) is 11.2 Å². The number of halogens is 3. The summed E-state index contributed by atoms with van der Waals surface area (Å²) in [5.41, 5.74) is 0.109. The van der Waals surface area contributed by atoms with Gasteiger partial charge in [0, 0.05) is 10.7 Å². The highest BCUT2D eigenvalue weighted by molar-refractivity contribution is 9.09. The van der Waals surface area contributed by atoms with Crippen LogP contribution in [0.1, 0.15) is 26.7 Å². The molecule has 0 aliphatic rings. The van der Waals surface area contributed by atoms with Gasteiger partial charge in [0.1, 0.15) is 11.6 Å². The zero-order valence-electron chi connectivity index (χ0n) is 10.1. The van der Waals surface area contributed by atoms with Crippen molar-refractivity contribution >= 4 is 27.5 Å². The fraction of sp³-hybridized carbons (Fsp3) is 0.538. The Hall–Kier alpha value is -0.280. The summed E-state index contributed by atoms with van der Waals surface area (Å²) in [7, 11) is 0. The Kier molecular flexibility index (Phi) is 5.74. The molecule has 0 amide bonds. The number of ether oxygens (including phenoxy) is 1. The standard InChI is InChI=1S/C13H17BrClFO/c1-3-13(4-2,8-14)9-17-12-6-5-10(16)7-11(12)15/h5-7H,3-4,8-9H2,1-2H3. The highest BCUT2D eigenvalue weighted by atomic mass is 79.9. The first kappa shape index (κ1) is 14.8. The van der Waals surface area contributed by atoms with E-state index in [9.17, 15) is 4.39 Å². The molecule has 1 rings (SSSR count). The van der Waals surface area contributed by atoms with Crippen LogP contribution in [0.2, 0.25) is 5.02 Å². The van der Waals surface area contributed by atoms with Gasteiger partial charge in [-0.1, -0.05) is 41.4 Å². The molecule has 17 heavy (non-hydrogen) atoms. The predicted molar refractivity (Wildman–Crippen MR) is 73.7 cm³/mol. The van der Waals surface area contributed by atoms with Crippen LogP contribution in [-0.2, 0) is 0 Å². The Morgan fingerprint density at radius 2 is 2.00 bits per heavy atom. The zero-order chi connectivity index (χ0) is 12.9. The van der Waals surface area contributed by atoms with Crippen LogP contribution in [0.5, 0.6) is 5.75 Å². The second-order valence-corrected chi connectivity index (χ2v) is 5.17. The van der Waals surface area contributed by atoms with Gasteiger partial charge in [-0.05, 0) is 31.0 Å². The SMILES string of the molecule is CCC(CC)(CBr)COc1ccc(F)cc1Cl. The van der Waals surface area contributed by atoms with Crippen LogP contribution in [0.15, 0.2) is 18.2 Å². The van der Waals surface area contributed by atoms with E-state index < -0.39 is 0 Å². The molecule has 0 spiro atoms. The van der Waals surface area contributed by atoms with Gasteiger partial charge in [0.15, 0.2) is 0 Å². The third-order valence-corrected chi connectivity index (χ3v) is 4.70. The average Bonchev–Trinajstić information content (AvgIpc) is 2.33. The minimum atomic E-state index is -0.347. The van der Waals surface area contributed by atoms with Gasteiger partial charge in [0.25, 0.3) is 0 Å². The molecule has 0 atom stereocenters. The molecule has 0 radical (unpaired) electrons. The van der Waals surface area contributed by atoms with Crippen molar-refractivity contribution < 1.29 is 9.13 Å². The quantitative estimate of drug-likeness (QED) is 0.665. The highest BCUT2D eigenvalue weighted by Gasteiger charge is 2.26. The van der Waals surface area contributed by atoms with E-state index in [1.807, 2.05) is 0 Å². The predicted octanol–water partition coefficient (Wildman–Crippen LogP) is 5.06. The van der Waals surface area contributed by atoms with E-state index in [1.54, 1.807) is 6.07 Å². The van der Waals surface area contributed by atoms with Crippen molar-refractivity contribution in [1.82, 2.24) is 0 Å². The number of alkyl halides is 1. The first-order valence-electron chi connectivity index (χ1n) is 5.70. The van der Waals surface area contributed by atoms with E-state index in [0.29, 0.717) is 17.4 Å². The zero-order valence-corrected chi connectivity index (χ0v) is 12.4. The largest absolute Gasteiger partial charge is 0.491 e. The molecule has 0 saturated heterocycles. The Morgan fingerprint density at radius 1 is 1.35 bits per heavy atom. The van der Waals surface area contributed by atoms with E-state index >= 15 is 0 Å². The second-order valence-electron chi connectivity index (χ2n) is 4.20. The molecule has 96 valence electrons. The van der Waals surface area contributed by atoms with Crippen molar-refractivity contribution in [2.75, 3.05) is 11.9 Å². The summed E-state index contributed by atoms with van der Waals surface area (Å²) < 4.78 is 18.6. The lowest BCUT2D eigenvalue weighted by atomic mass is 9.86. The number of hydrogen-bond acceptors (Lipinski definition) is 1. The summed E-state index contributed by atoms with van der Waals surface area (Å²) in [4.78, 5) is 0. The average molecular weight is 324 g/mol. The van der Waals surface area contributed by atoms with Gasteiger partial charge >= 0.3 is 0 Å². The maximum absolute atomic E-state index is 12.9. The number of hydrogen-bond donors (Lipinski definition) is 0. The molecule has 0 saturated carbocycles. The smallest absolute Gasteiger partial charge is 0.138 e. The van der Waals surface area contributed by atoms with Crippen LogP contribution < -0.4 is 4.74 Å². The van der Waals surface area contributed by atoms with E-state index in [2.05, 4.69) is 29.8 Å². The van der Waals surface area contributed by atoms with E-state index in [-0.39, 0.29) is 11.2 Å². The van der Waals surface area contributed by atoms with Crippen LogP contribution >= 0.6 is 27.5 Å². The molecule has 4 heteroatoms. The van der Waals surface area contributed by atoms with Crippen molar-refractivity contribution in [3.05, 3.63) is 29.0 Å². The molecule has 0 aliphatic carbocycles. The molecule has 0 aliphatic heterocycles. The van der Waals surface area contributed by atoms with E-state index in [0.717, 1.165) is 18.2 Å². The van der Waals surface area contributed by atoms with Crippen LogP contribution in [-0.4, -0.2) is 11.9 Å². The summed E-state index contributed by atoms with van der Waals surface area (Å²) in [6.07, 6.45) is 2.04. The highest BCUT2D eigenvalue weighted by Crippen LogP contribution is 2.32. The fourth-order valence-corrected chi connectivity index (χ4v) is 2.68. The maximum atomic E-state index is 12.9. The topological polar surface area (TPSA) is 9.23 Å². The van der Waals surface area contributed by atoms with Crippen molar-refractivity contribution in [1.29, 1.82) is 0 Å². The monoisotopic (exact) mass is 322 g/mol. The van der Waals surface area contributed by atoms with Crippen LogP contribution in [0.3, 0.4) is 0 Å². The third kappa shape index (κ3) is 3.85. The van der Waals surface area contributed by atoms with E-state index in [4.69, 9.17) is 16.3 Å². The minimum absolute atomic E-state index is 0.109. The van der Waals surface area contributed by atoms with Gasteiger partial charge in [-0.25, -0.2) is 4.39 Å². The van der Waals surface area contributed by atoms with Gasteiger partial charge < -0.3 is 4.74 Å². The molecule has 0 bridgehead atoms. The minimum Gasteiger partial charge on any atom is -0.491 e. The number of rotatable bonds is 6. The molecular formula is C13H17BrClFO. The molecule has 0 unspecified atom stereocenters. The summed E-state index contributed by atoms with van der Waals surface area (Å²) in [5, 5.41) is 1.20. The molecule has 1 aromatic rings. The van der Waals surface area contributed by atoms with Gasteiger partial charge in [-0.2, -0.15) is 0 Å². The molecule has 0 N–H and O–H groups in total. The van der Waals surface area contributed by atoms with Crippen LogP contribution in [0.4, 0.5) is 4.39 Å². The molecule has 1 aromatic carbocycles. The Morgan fingerprint density at radius 3 is 2.47 bits per heavy atom. The normalized spacial score (nSPS) is 11.6. The fourth-order valence-electron chi connectivity index (χ4n) is 1.50. The maximum Gasteiger partial charge on any atom is 0.138 e. The summed E-state index contributed by atoms with van der Waals surface area (Å²) >= 11 is 9.44. The summed E-state index contributed by atoms with van der Waals surface area (Å²) in [5.74, 6) is 0.195. The molecule has 0 fully saturated rings. The van der Waals surface area contributed by atoms with Gasteiger partial charge in [-0.3, -0.25) is 0 Å². The lowest BCUT2D eigenvalue weighted by molar-refractivity contribution is 0.158. The lowest BCUT2D eigenvalue weighted by Crippen LogP contribution is -2.29. The van der Waals surface area contributed by atoms with Crippen molar-refractivity contribution in [3.8, 4) is 5.75 Å². The molecule has 0 heterocycles. The second kappa shape index (κ2) is 6.60. The first-order chi connectivity index (χ1) is 8.06. The Bertz CT molecular complexity index is 358. The van der Waals surface area contributed by atoms with Gasteiger partial charge in [-0.15, -0.1) is 0 Å². The molecular weight excluding hydrogens is 306 g/mol. The molecule has 0 aromatic heterocycles. The summed E-state index contributed by atoms with van der Waals surface area (Å²) in [6, 6.07) is 4.20. The Labute approximate surface area is 115 Å². The van der Waals surface area contributed by atoms with Crippen molar-refractivity contribution in [2.24, 2.45) is 5.41 Å². The first-order valence-corrected chi connectivity index (χ1v) is 7.20. The lowest BCUT2D eigenvalue weighted by Gasteiger charge is -2.29. The third-order valence-electron chi connectivity index (χ3n) is 3.21.